The maximum atomic E-state index is 14.0. The summed E-state index contributed by atoms with van der Waals surface area (Å²) in [5.74, 6) is -2.91. The minimum Gasteiger partial charge on any atom is -0.489 e. The normalized spacial score (nSPS) is 19.4. The fraction of sp³-hybridized carbons (Fsp3) is 0.148. The van der Waals surface area contributed by atoms with Gasteiger partial charge in [-0.15, -0.1) is 0 Å². The number of imide groups is 1. The van der Waals surface area contributed by atoms with Crippen molar-refractivity contribution >= 4 is 63.6 Å². The summed E-state index contributed by atoms with van der Waals surface area (Å²) in [6, 6.07) is 15.9. The number of benzene rings is 3. The van der Waals surface area contributed by atoms with Crippen LogP contribution in [0, 0.1) is 26.1 Å². The van der Waals surface area contributed by atoms with Gasteiger partial charge >= 0.3 is 4.87 Å². The van der Waals surface area contributed by atoms with Crippen molar-refractivity contribution in [2.45, 2.75) is 22.8 Å². The molecule has 42 heavy (non-hydrogen) atoms. The number of rotatable bonds is 7. The second kappa shape index (κ2) is 10.7. The molecular formula is C27H17ClN4O8S2. The third-order valence-corrected chi connectivity index (χ3v) is 9.64. The van der Waals surface area contributed by atoms with E-state index in [2.05, 4.69) is 4.98 Å². The number of amides is 2. The SMILES string of the molecule is O=C1[C@H]2[C@H](c3cc([N+](=O)[O-])ccc3OCc3ccc(Cl)cc3)c3sc(=O)[nH]c3S[C@H]2C(=O)N1c1ccc([N+](=O)[O-])cc1. The van der Waals surface area contributed by atoms with Gasteiger partial charge in [0.1, 0.15) is 17.6 Å². The molecule has 1 fully saturated rings. The van der Waals surface area contributed by atoms with Crippen LogP contribution in [-0.4, -0.2) is 31.9 Å². The first-order valence-electron chi connectivity index (χ1n) is 12.3. The predicted molar refractivity (Wildman–Crippen MR) is 154 cm³/mol. The van der Waals surface area contributed by atoms with E-state index >= 15 is 0 Å². The van der Waals surface area contributed by atoms with Crippen LogP contribution in [0.15, 0.2) is 76.6 Å². The lowest BCUT2D eigenvalue weighted by molar-refractivity contribution is -0.385. The highest BCUT2D eigenvalue weighted by atomic mass is 35.5. The maximum absolute atomic E-state index is 14.0. The predicted octanol–water partition coefficient (Wildman–Crippen LogP) is 5.28. The fourth-order valence-electron chi connectivity index (χ4n) is 5.10. The van der Waals surface area contributed by atoms with Gasteiger partial charge in [0.2, 0.25) is 11.8 Å². The molecule has 2 aliphatic heterocycles. The second-order valence-electron chi connectivity index (χ2n) is 9.43. The van der Waals surface area contributed by atoms with Gasteiger partial charge in [0.25, 0.3) is 11.4 Å². The Kier molecular flexibility index (Phi) is 7.04. The molecule has 212 valence electrons. The van der Waals surface area contributed by atoms with E-state index < -0.39 is 43.6 Å². The Bertz CT molecular complexity index is 1820. The first kappa shape index (κ1) is 27.6. The molecule has 2 aliphatic rings. The van der Waals surface area contributed by atoms with E-state index in [1.54, 1.807) is 24.3 Å². The van der Waals surface area contributed by atoms with Crippen molar-refractivity contribution in [1.82, 2.24) is 4.98 Å². The number of anilines is 1. The highest BCUT2D eigenvalue weighted by Gasteiger charge is 2.57. The Labute approximate surface area is 249 Å². The number of nitrogens with one attached hydrogen (secondary N) is 1. The summed E-state index contributed by atoms with van der Waals surface area (Å²) in [4.78, 5) is 65.6. The number of H-pyrrole nitrogens is 1. The molecule has 1 aromatic heterocycles. The summed E-state index contributed by atoms with van der Waals surface area (Å²) >= 11 is 7.88. The van der Waals surface area contributed by atoms with E-state index in [-0.39, 0.29) is 35.0 Å². The molecule has 0 spiro atoms. The summed E-state index contributed by atoms with van der Waals surface area (Å²) in [6.45, 7) is 0.0789. The number of thiazole rings is 1. The van der Waals surface area contributed by atoms with Crippen LogP contribution in [-0.2, 0) is 16.2 Å². The van der Waals surface area contributed by atoms with Crippen molar-refractivity contribution in [3.63, 3.8) is 0 Å². The van der Waals surface area contributed by atoms with Crippen molar-refractivity contribution in [2.75, 3.05) is 4.90 Å². The number of hydrogen-bond acceptors (Lipinski definition) is 10. The number of thioether (sulfide) groups is 1. The first-order valence-corrected chi connectivity index (χ1v) is 14.4. The molecule has 2 amide bonds. The highest BCUT2D eigenvalue weighted by Crippen LogP contribution is 2.55. The van der Waals surface area contributed by atoms with Crippen LogP contribution in [0.5, 0.6) is 5.75 Å². The molecule has 1 N–H and O–H groups in total. The molecule has 0 saturated carbocycles. The summed E-state index contributed by atoms with van der Waals surface area (Å²) < 4.78 is 6.10. The Balaban J connectivity index is 1.45. The molecule has 0 bridgehead atoms. The van der Waals surface area contributed by atoms with Gasteiger partial charge in [-0.1, -0.05) is 46.8 Å². The van der Waals surface area contributed by atoms with E-state index in [0.29, 0.717) is 14.9 Å². The lowest BCUT2D eigenvalue weighted by Gasteiger charge is -2.30. The number of carbonyl (C=O) groups excluding carboxylic acids is 2. The molecule has 3 atom stereocenters. The molecule has 12 nitrogen and oxygen atoms in total. The van der Waals surface area contributed by atoms with E-state index in [9.17, 15) is 34.6 Å². The van der Waals surface area contributed by atoms with Gasteiger partial charge in [-0.2, -0.15) is 0 Å². The molecule has 0 aliphatic carbocycles. The zero-order valence-corrected chi connectivity index (χ0v) is 23.5. The number of nitro groups is 2. The van der Waals surface area contributed by atoms with Gasteiger partial charge < -0.3 is 9.72 Å². The Morgan fingerprint density at radius 1 is 0.905 bits per heavy atom. The molecule has 6 rings (SSSR count). The number of ether oxygens (including phenoxy) is 1. The molecule has 3 heterocycles. The number of aromatic amines is 1. The number of nitrogens with zero attached hydrogens (tertiary/aromatic N) is 3. The van der Waals surface area contributed by atoms with Gasteiger partial charge in [0, 0.05) is 45.6 Å². The van der Waals surface area contributed by atoms with Crippen molar-refractivity contribution in [3.05, 3.63) is 118 Å². The van der Waals surface area contributed by atoms with Crippen molar-refractivity contribution in [3.8, 4) is 5.75 Å². The average Bonchev–Trinajstić information content (AvgIpc) is 3.46. The Morgan fingerprint density at radius 2 is 1.57 bits per heavy atom. The Hall–Kier alpha value is -4.53. The summed E-state index contributed by atoms with van der Waals surface area (Å²) in [7, 11) is 0. The largest absolute Gasteiger partial charge is 0.489 e. The van der Waals surface area contributed by atoms with E-state index in [1.807, 2.05) is 0 Å². The third-order valence-electron chi connectivity index (χ3n) is 6.99. The van der Waals surface area contributed by atoms with Crippen LogP contribution in [0.1, 0.15) is 21.9 Å². The van der Waals surface area contributed by atoms with Gasteiger partial charge in [-0.05, 0) is 35.9 Å². The number of carbonyl (C=O) groups is 2. The molecule has 15 heteroatoms. The Morgan fingerprint density at radius 3 is 2.24 bits per heavy atom. The lowest BCUT2D eigenvalue weighted by atomic mass is 9.82. The van der Waals surface area contributed by atoms with Gasteiger partial charge in [0.05, 0.1) is 26.5 Å². The summed E-state index contributed by atoms with van der Waals surface area (Å²) in [5, 5.41) is 22.9. The summed E-state index contributed by atoms with van der Waals surface area (Å²) in [5.41, 5.74) is 0.730. The van der Waals surface area contributed by atoms with Gasteiger partial charge in [-0.25, -0.2) is 4.90 Å². The molecule has 0 radical (unpaired) electrons. The number of hydrogen-bond donors (Lipinski definition) is 1. The lowest BCUT2D eigenvalue weighted by Crippen LogP contribution is -2.32. The standard InChI is InChI=1S/C27H17ClN4O8S2/c28-14-3-1-13(2-4-14)12-40-19-10-9-17(32(38)39)11-18(19)20-21-23(41-24-22(20)42-27(35)29-24)26(34)30(25(21)33)15-5-7-16(8-6-15)31(36)37/h1-11,20-21,23H,12H2,(H,29,35)/t20-,21-,23+/m0/s1. The second-order valence-corrected chi connectivity index (χ2v) is 12.0. The van der Waals surface area contributed by atoms with E-state index in [1.165, 1.54) is 42.5 Å². The van der Waals surface area contributed by atoms with Crippen LogP contribution in [0.2, 0.25) is 5.02 Å². The van der Waals surface area contributed by atoms with Crippen LogP contribution in [0.4, 0.5) is 17.1 Å². The monoisotopic (exact) mass is 624 g/mol. The topological polar surface area (TPSA) is 166 Å². The molecule has 1 saturated heterocycles. The van der Waals surface area contributed by atoms with Crippen LogP contribution in [0.25, 0.3) is 0 Å². The van der Waals surface area contributed by atoms with Gasteiger partial charge in [0.15, 0.2) is 0 Å². The molecule has 3 aromatic carbocycles. The highest BCUT2D eigenvalue weighted by molar-refractivity contribution is 8.00. The van der Waals surface area contributed by atoms with Crippen molar-refractivity contribution in [2.24, 2.45) is 5.92 Å². The molecular weight excluding hydrogens is 608 g/mol. The number of halogens is 1. The fourth-order valence-corrected chi connectivity index (χ4v) is 7.73. The van der Waals surface area contributed by atoms with E-state index in [4.69, 9.17) is 16.3 Å². The number of fused-ring (bicyclic) bond motifs is 2. The van der Waals surface area contributed by atoms with Crippen molar-refractivity contribution in [1.29, 1.82) is 0 Å². The minimum absolute atomic E-state index is 0.0789. The zero-order valence-electron chi connectivity index (χ0n) is 21.1. The number of aromatic nitrogens is 1. The minimum atomic E-state index is -1.04. The van der Waals surface area contributed by atoms with Crippen LogP contribution >= 0.6 is 34.7 Å². The maximum Gasteiger partial charge on any atom is 0.305 e. The molecule has 4 aromatic rings. The summed E-state index contributed by atoms with van der Waals surface area (Å²) in [6.07, 6.45) is 0. The quantitative estimate of drug-likeness (QED) is 0.163. The first-order chi connectivity index (χ1) is 20.1. The van der Waals surface area contributed by atoms with Crippen LogP contribution < -0.4 is 14.5 Å². The number of non-ortho nitro benzene ring substituents is 2. The number of nitro benzene ring substituents is 2. The van der Waals surface area contributed by atoms with Crippen molar-refractivity contribution < 1.29 is 24.2 Å². The smallest absolute Gasteiger partial charge is 0.305 e. The van der Waals surface area contributed by atoms with Crippen LogP contribution in [0.3, 0.4) is 0 Å². The zero-order chi connectivity index (χ0) is 29.7. The average molecular weight is 625 g/mol. The van der Waals surface area contributed by atoms with E-state index in [0.717, 1.165) is 33.6 Å². The third kappa shape index (κ3) is 4.82. The van der Waals surface area contributed by atoms with Gasteiger partial charge in [-0.3, -0.25) is 34.6 Å². The molecule has 0 unspecified atom stereocenters.